The second kappa shape index (κ2) is 10.6. The van der Waals surface area contributed by atoms with Crippen molar-refractivity contribution in [3.05, 3.63) is 81.2 Å². The van der Waals surface area contributed by atoms with E-state index in [1.807, 2.05) is 6.92 Å². The number of benzene rings is 3. The molecule has 0 saturated carbocycles. The van der Waals surface area contributed by atoms with Crippen LogP contribution >= 0.6 is 39.1 Å². The van der Waals surface area contributed by atoms with Crippen LogP contribution < -0.4 is 14.4 Å². The molecule has 32 heavy (non-hydrogen) atoms. The molecule has 0 aromatic heterocycles. The molecule has 0 aliphatic carbocycles. The lowest BCUT2D eigenvalue weighted by atomic mass is 10.3. The quantitative estimate of drug-likeness (QED) is 0.369. The fourth-order valence-electron chi connectivity index (χ4n) is 2.84. The summed E-state index contributed by atoms with van der Waals surface area (Å²) in [6.45, 7) is 1.85. The number of amides is 1. The minimum Gasteiger partial charge on any atom is -0.494 e. The molecule has 0 bridgehead atoms. The van der Waals surface area contributed by atoms with Crippen LogP contribution in [0, 0.1) is 0 Å². The van der Waals surface area contributed by atoms with Crippen LogP contribution in [0.5, 0.6) is 5.75 Å². The number of anilines is 2. The maximum atomic E-state index is 13.4. The molecule has 6 nitrogen and oxygen atoms in total. The first kappa shape index (κ1) is 24.4. The number of hydrogen-bond acceptors (Lipinski definition) is 4. The third-order valence-electron chi connectivity index (χ3n) is 4.35. The Kier molecular flexibility index (Phi) is 8.05. The van der Waals surface area contributed by atoms with Crippen molar-refractivity contribution in [2.45, 2.75) is 11.8 Å². The smallest absolute Gasteiger partial charge is 0.264 e. The number of sulfonamides is 1. The summed E-state index contributed by atoms with van der Waals surface area (Å²) in [5.41, 5.74) is 0.598. The van der Waals surface area contributed by atoms with Crippen molar-refractivity contribution in [1.29, 1.82) is 0 Å². The topological polar surface area (TPSA) is 75.7 Å². The van der Waals surface area contributed by atoms with Crippen molar-refractivity contribution in [3.8, 4) is 5.75 Å². The number of rotatable bonds is 8. The summed E-state index contributed by atoms with van der Waals surface area (Å²) in [7, 11) is -4.05. The van der Waals surface area contributed by atoms with Gasteiger partial charge in [0.15, 0.2) is 0 Å². The molecule has 0 spiro atoms. The summed E-state index contributed by atoms with van der Waals surface area (Å²) in [5, 5.41) is 3.07. The average Bonchev–Trinajstić information content (AvgIpc) is 2.76. The van der Waals surface area contributed by atoms with Gasteiger partial charge in [-0.1, -0.05) is 45.2 Å². The highest BCUT2D eigenvalue weighted by atomic mass is 79.9. The number of nitrogens with zero attached hydrogens (tertiary/aromatic N) is 1. The molecule has 0 aliphatic heterocycles. The summed E-state index contributed by atoms with van der Waals surface area (Å²) < 4.78 is 34.0. The van der Waals surface area contributed by atoms with Crippen molar-refractivity contribution < 1.29 is 17.9 Å². The molecule has 0 unspecified atom stereocenters. The summed E-state index contributed by atoms with van der Waals surface area (Å²) in [4.78, 5) is 12.9. The minimum absolute atomic E-state index is 0.0446. The molecule has 0 heterocycles. The van der Waals surface area contributed by atoms with Gasteiger partial charge in [-0.05, 0) is 67.6 Å². The Balaban J connectivity index is 1.95. The molecule has 3 aromatic carbocycles. The van der Waals surface area contributed by atoms with Crippen molar-refractivity contribution >= 4 is 66.4 Å². The Hall–Kier alpha value is -2.26. The predicted octanol–water partition coefficient (Wildman–Crippen LogP) is 5.99. The van der Waals surface area contributed by atoms with E-state index in [0.29, 0.717) is 18.0 Å². The molecule has 3 aromatic rings. The van der Waals surface area contributed by atoms with E-state index in [1.165, 1.54) is 12.1 Å². The maximum absolute atomic E-state index is 13.4. The number of ether oxygens (including phenoxy) is 1. The van der Waals surface area contributed by atoms with Gasteiger partial charge in [0.2, 0.25) is 5.91 Å². The van der Waals surface area contributed by atoms with Crippen molar-refractivity contribution in [2.24, 2.45) is 0 Å². The van der Waals surface area contributed by atoms with E-state index >= 15 is 0 Å². The van der Waals surface area contributed by atoms with Crippen LogP contribution in [-0.4, -0.2) is 27.5 Å². The third-order valence-corrected chi connectivity index (χ3v) is 7.49. The van der Waals surface area contributed by atoms with Crippen molar-refractivity contribution in [3.63, 3.8) is 0 Å². The lowest BCUT2D eigenvalue weighted by Gasteiger charge is -2.24. The molecule has 0 fully saturated rings. The van der Waals surface area contributed by atoms with Gasteiger partial charge in [-0.2, -0.15) is 0 Å². The van der Waals surface area contributed by atoms with E-state index in [2.05, 4.69) is 21.2 Å². The fraction of sp³-hybridized carbons (Fsp3) is 0.136. The largest absolute Gasteiger partial charge is 0.494 e. The van der Waals surface area contributed by atoms with Gasteiger partial charge in [0.25, 0.3) is 10.0 Å². The van der Waals surface area contributed by atoms with Crippen LogP contribution in [0.2, 0.25) is 10.0 Å². The Morgan fingerprint density at radius 2 is 1.69 bits per heavy atom. The lowest BCUT2D eigenvalue weighted by molar-refractivity contribution is -0.114. The van der Waals surface area contributed by atoms with E-state index in [4.69, 9.17) is 27.9 Å². The molecule has 0 radical (unpaired) electrons. The standard InChI is InChI=1S/C22H19BrCl2N2O4S/c1-2-31-17-10-8-16(9-11-17)27(32(29,30)18-12-6-15(23)7-13-18)14-21(28)26-20-5-3-4-19(24)22(20)25/h3-13H,2,14H2,1H3,(H,26,28). The van der Waals surface area contributed by atoms with Gasteiger partial charge >= 0.3 is 0 Å². The molecule has 168 valence electrons. The van der Waals surface area contributed by atoms with Gasteiger partial charge in [-0.25, -0.2) is 8.42 Å². The normalized spacial score (nSPS) is 11.1. The molecule has 10 heteroatoms. The van der Waals surface area contributed by atoms with Gasteiger partial charge in [-0.15, -0.1) is 0 Å². The molecule has 0 aliphatic rings. The molecular formula is C22H19BrCl2N2O4S. The van der Waals surface area contributed by atoms with Crippen LogP contribution in [0.3, 0.4) is 0 Å². The number of carbonyl (C=O) groups excluding carboxylic acids is 1. The van der Waals surface area contributed by atoms with Crippen LogP contribution in [0.4, 0.5) is 11.4 Å². The monoisotopic (exact) mass is 556 g/mol. The molecule has 1 N–H and O–H groups in total. The summed E-state index contributed by atoms with van der Waals surface area (Å²) in [6.07, 6.45) is 0. The first-order chi connectivity index (χ1) is 15.2. The zero-order valence-electron chi connectivity index (χ0n) is 16.9. The Bertz CT molecular complexity index is 1200. The third kappa shape index (κ3) is 5.75. The van der Waals surface area contributed by atoms with Crippen LogP contribution in [0.1, 0.15) is 6.92 Å². The fourth-order valence-corrected chi connectivity index (χ4v) is 4.88. The minimum atomic E-state index is -4.05. The van der Waals surface area contributed by atoms with Crippen LogP contribution in [-0.2, 0) is 14.8 Å². The zero-order valence-corrected chi connectivity index (χ0v) is 20.8. The van der Waals surface area contributed by atoms with Gasteiger partial charge in [0, 0.05) is 4.47 Å². The highest BCUT2D eigenvalue weighted by Crippen LogP contribution is 2.30. The van der Waals surface area contributed by atoms with Crippen molar-refractivity contribution in [2.75, 3.05) is 22.8 Å². The lowest BCUT2D eigenvalue weighted by Crippen LogP contribution is -2.38. The van der Waals surface area contributed by atoms with Crippen molar-refractivity contribution in [1.82, 2.24) is 0 Å². The van der Waals surface area contributed by atoms with E-state index in [1.54, 1.807) is 54.6 Å². The molecule has 0 saturated heterocycles. The zero-order chi connectivity index (χ0) is 23.3. The van der Waals surface area contributed by atoms with E-state index in [-0.39, 0.29) is 20.6 Å². The van der Waals surface area contributed by atoms with Gasteiger partial charge < -0.3 is 10.1 Å². The van der Waals surface area contributed by atoms with E-state index < -0.39 is 22.5 Å². The molecule has 0 atom stereocenters. The first-order valence-electron chi connectivity index (χ1n) is 9.47. The second-order valence-corrected chi connectivity index (χ2v) is 10.1. The van der Waals surface area contributed by atoms with Gasteiger partial charge in [-0.3, -0.25) is 9.10 Å². The number of halogens is 3. The van der Waals surface area contributed by atoms with Gasteiger partial charge in [0.1, 0.15) is 12.3 Å². The average molecular weight is 558 g/mol. The summed E-state index contributed by atoms with van der Waals surface area (Å²) >= 11 is 15.4. The molecular weight excluding hydrogens is 539 g/mol. The Labute approximate surface area is 205 Å². The predicted molar refractivity (Wildman–Crippen MR) is 131 cm³/mol. The van der Waals surface area contributed by atoms with E-state index in [9.17, 15) is 13.2 Å². The number of carbonyl (C=O) groups is 1. The Morgan fingerprint density at radius 3 is 2.31 bits per heavy atom. The molecule has 3 rings (SSSR count). The number of nitrogens with one attached hydrogen (secondary N) is 1. The highest BCUT2D eigenvalue weighted by molar-refractivity contribution is 9.10. The SMILES string of the molecule is CCOc1ccc(N(CC(=O)Nc2cccc(Cl)c2Cl)S(=O)(=O)c2ccc(Br)cc2)cc1. The van der Waals surface area contributed by atoms with Crippen LogP contribution in [0.25, 0.3) is 0 Å². The summed E-state index contributed by atoms with van der Waals surface area (Å²) in [5.74, 6) is 0.0103. The number of hydrogen-bond donors (Lipinski definition) is 1. The highest BCUT2D eigenvalue weighted by Gasteiger charge is 2.27. The Morgan fingerprint density at radius 1 is 1.03 bits per heavy atom. The second-order valence-electron chi connectivity index (χ2n) is 6.54. The van der Waals surface area contributed by atoms with Gasteiger partial charge in [0.05, 0.1) is 32.9 Å². The van der Waals surface area contributed by atoms with Crippen LogP contribution in [0.15, 0.2) is 76.1 Å². The van der Waals surface area contributed by atoms with E-state index in [0.717, 1.165) is 8.78 Å². The first-order valence-corrected chi connectivity index (χ1v) is 12.5. The molecule has 1 amide bonds. The summed E-state index contributed by atoms with van der Waals surface area (Å²) in [6, 6.07) is 17.4. The maximum Gasteiger partial charge on any atom is 0.264 e.